The molecular weight excluding hydrogens is 374 g/mol. The van der Waals surface area contributed by atoms with Gasteiger partial charge in [0.15, 0.2) is 0 Å². The van der Waals surface area contributed by atoms with E-state index >= 15 is 0 Å². The molecule has 2 rings (SSSR count). The number of aryl methyl sites for hydroxylation is 4. The van der Waals surface area contributed by atoms with Crippen LogP contribution in [0.4, 0.5) is 0 Å². The lowest BCUT2D eigenvalue weighted by molar-refractivity contribution is 0.0944. The summed E-state index contributed by atoms with van der Waals surface area (Å²) in [4.78, 5) is 24.4. The molecule has 0 heterocycles. The second kappa shape index (κ2) is 12.1. The van der Waals surface area contributed by atoms with Gasteiger partial charge in [0.1, 0.15) is 0 Å². The number of rotatable bonds is 11. The molecule has 3 N–H and O–H groups in total. The van der Waals surface area contributed by atoms with Gasteiger partial charge in [0.2, 0.25) is 0 Å². The summed E-state index contributed by atoms with van der Waals surface area (Å²) in [5.74, 6) is -0.0179. The van der Waals surface area contributed by atoms with Crippen molar-refractivity contribution < 1.29 is 9.59 Å². The zero-order valence-electron chi connectivity index (χ0n) is 18.7. The van der Waals surface area contributed by atoms with Gasteiger partial charge in [-0.2, -0.15) is 0 Å². The Balaban J connectivity index is 1.50. The molecule has 0 aromatic heterocycles. The first kappa shape index (κ1) is 23.6. The number of amides is 2. The Labute approximate surface area is 180 Å². The molecule has 0 saturated carbocycles. The molecule has 0 spiro atoms. The van der Waals surface area contributed by atoms with Crippen LogP contribution < -0.4 is 16.0 Å². The van der Waals surface area contributed by atoms with Crippen molar-refractivity contribution in [2.24, 2.45) is 0 Å². The summed E-state index contributed by atoms with van der Waals surface area (Å²) < 4.78 is 0. The lowest BCUT2D eigenvalue weighted by Crippen LogP contribution is -2.28. The van der Waals surface area contributed by atoms with Crippen LogP contribution in [0.3, 0.4) is 0 Å². The van der Waals surface area contributed by atoms with E-state index in [2.05, 4.69) is 28.1 Å². The molecule has 0 aliphatic rings. The van der Waals surface area contributed by atoms with Crippen LogP contribution in [0.15, 0.2) is 36.4 Å². The summed E-state index contributed by atoms with van der Waals surface area (Å²) in [7, 11) is 0. The van der Waals surface area contributed by atoms with E-state index in [9.17, 15) is 9.59 Å². The lowest BCUT2D eigenvalue weighted by atomic mass is 10.1. The average molecular weight is 410 g/mol. The van der Waals surface area contributed by atoms with Gasteiger partial charge in [-0.3, -0.25) is 9.59 Å². The summed E-state index contributed by atoms with van der Waals surface area (Å²) in [5, 5.41) is 9.35. The predicted octanol–water partition coefficient (Wildman–Crippen LogP) is 3.84. The third-order valence-electron chi connectivity index (χ3n) is 4.85. The first-order chi connectivity index (χ1) is 14.3. The third-order valence-corrected chi connectivity index (χ3v) is 4.85. The normalized spacial score (nSPS) is 10.7. The number of unbranched alkanes of at least 4 members (excludes halogenated alkanes) is 1. The maximum atomic E-state index is 12.2. The maximum absolute atomic E-state index is 12.2. The van der Waals surface area contributed by atoms with Crippen LogP contribution in [-0.4, -0.2) is 38.0 Å². The highest BCUT2D eigenvalue weighted by molar-refractivity contribution is 5.95. The second-order valence-electron chi connectivity index (χ2n) is 8.08. The van der Waals surface area contributed by atoms with E-state index in [-0.39, 0.29) is 11.8 Å². The van der Waals surface area contributed by atoms with Crippen molar-refractivity contribution >= 4 is 11.8 Å². The summed E-state index contributed by atoms with van der Waals surface area (Å²) in [6.07, 6.45) is 2.83. The van der Waals surface area contributed by atoms with Crippen molar-refractivity contribution in [1.82, 2.24) is 16.0 Å². The zero-order chi connectivity index (χ0) is 21.9. The third kappa shape index (κ3) is 8.37. The van der Waals surface area contributed by atoms with Gasteiger partial charge < -0.3 is 16.0 Å². The molecule has 0 bridgehead atoms. The number of nitrogens with one attached hydrogen (secondary N) is 3. The predicted molar refractivity (Wildman–Crippen MR) is 123 cm³/mol. The van der Waals surface area contributed by atoms with E-state index in [0.717, 1.165) is 65.7 Å². The molecule has 2 amide bonds. The minimum absolute atomic E-state index is 0.00527. The fourth-order valence-corrected chi connectivity index (χ4v) is 3.53. The van der Waals surface area contributed by atoms with Crippen LogP contribution in [0.2, 0.25) is 0 Å². The Morgan fingerprint density at radius 3 is 1.40 bits per heavy atom. The number of hydrogen-bond acceptors (Lipinski definition) is 3. The standard InChI is InChI=1S/C25H35N3O2/c1-18-12-19(2)15-22(14-18)24(29)27-10-6-5-8-26-9-7-11-28-25(30)23-16-20(3)13-21(4)17-23/h12-17,26H,5-11H2,1-4H3,(H,27,29)(H,28,30). The number of benzene rings is 2. The molecule has 2 aromatic carbocycles. The molecule has 2 aromatic rings. The fourth-order valence-electron chi connectivity index (χ4n) is 3.53. The van der Waals surface area contributed by atoms with E-state index in [0.29, 0.717) is 13.1 Å². The van der Waals surface area contributed by atoms with Crippen LogP contribution in [-0.2, 0) is 0 Å². The van der Waals surface area contributed by atoms with E-state index in [1.54, 1.807) is 0 Å². The summed E-state index contributed by atoms with van der Waals surface area (Å²) in [6, 6.07) is 11.8. The van der Waals surface area contributed by atoms with Gasteiger partial charge in [-0.1, -0.05) is 34.4 Å². The van der Waals surface area contributed by atoms with Gasteiger partial charge in [0.25, 0.3) is 11.8 Å². The molecule has 0 atom stereocenters. The minimum Gasteiger partial charge on any atom is -0.352 e. The first-order valence-corrected chi connectivity index (χ1v) is 10.8. The van der Waals surface area contributed by atoms with Crippen LogP contribution >= 0.6 is 0 Å². The Morgan fingerprint density at radius 1 is 0.567 bits per heavy atom. The molecule has 5 nitrogen and oxygen atoms in total. The van der Waals surface area contributed by atoms with Crippen LogP contribution in [0.1, 0.15) is 62.2 Å². The Hall–Kier alpha value is -2.66. The quantitative estimate of drug-likeness (QED) is 0.494. The minimum atomic E-state index is -0.0126. The Kier molecular flexibility index (Phi) is 9.55. The van der Waals surface area contributed by atoms with E-state index in [4.69, 9.17) is 0 Å². The van der Waals surface area contributed by atoms with Crippen LogP contribution in [0.25, 0.3) is 0 Å². The van der Waals surface area contributed by atoms with Crippen molar-refractivity contribution in [3.05, 3.63) is 69.8 Å². The molecule has 0 saturated heterocycles. The van der Waals surface area contributed by atoms with Crippen molar-refractivity contribution in [2.75, 3.05) is 26.2 Å². The molecule has 0 fully saturated rings. The van der Waals surface area contributed by atoms with Gasteiger partial charge >= 0.3 is 0 Å². The molecule has 0 aliphatic carbocycles. The summed E-state index contributed by atoms with van der Waals surface area (Å²) in [6.45, 7) is 11.1. The van der Waals surface area contributed by atoms with Gasteiger partial charge in [-0.15, -0.1) is 0 Å². The summed E-state index contributed by atoms with van der Waals surface area (Å²) in [5.41, 5.74) is 5.87. The Bertz CT molecular complexity index is 749. The van der Waals surface area contributed by atoms with Gasteiger partial charge in [0.05, 0.1) is 0 Å². The fraction of sp³-hybridized carbons (Fsp3) is 0.440. The highest BCUT2D eigenvalue weighted by Crippen LogP contribution is 2.09. The largest absolute Gasteiger partial charge is 0.352 e. The molecule has 5 heteroatoms. The highest BCUT2D eigenvalue weighted by atomic mass is 16.2. The van der Waals surface area contributed by atoms with Gasteiger partial charge in [0, 0.05) is 24.2 Å². The molecule has 0 unspecified atom stereocenters. The average Bonchev–Trinajstić information content (AvgIpc) is 2.67. The second-order valence-corrected chi connectivity index (χ2v) is 8.08. The van der Waals surface area contributed by atoms with Crippen molar-refractivity contribution in [1.29, 1.82) is 0 Å². The SMILES string of the molecule is Cc1cc(C)cc(C(=O)NCCCCNCCCNC(=O)c2cc(C)cc(C)c2)c1. The van der Waals surface area contributed by atoms with E-state index < -0.39 is 0 Å². The molecule has 0 aliphatic heterocycles. The molecule has 30 heavy (non-hydrogen) atoms. The monoisotopic (exact) mass is 409 g/mol. The van der Waals surface area contributed by atoms with Gasteiger partial charge in [-0.05, 0) is 84.3 Å². The van der Waals surface area contributed by atoms with E-state index in [1.807, 2.05) is 52.0 Å². The number of carbonyl (C=O) groups excluding carboxylic acids is 2. The van der Waals surface area contributed by atoms with Crippen molar-refractivity contribution in [3.63, 3.8) is 0 Å². The first-order valence-electron chi connectivity index (χ1n) is 10.8. The number of hydrogen-bond donors (Lipinski definition) is 3. The van der Waals surface area contributed by atoms with Gasteiger partial charge in [-0.25, -0.2) is 0 Å². The highest BCUT2D eigenvalue weighted by Gasteiger charge is 2.07. The smallest absolute Gasteiger partial charge is 0.251 e. The Morgan fingerprint density at radius 2 is 0.933 bits per heavy atom. The molecule has 0 radical (unpaired) electrons. The summed E-state index contributed by atoms with van der Waals surface area (Å²) >= 11 is 0. The maximum Gasteiger partial charge on any atom is 0.251 e. The van der Waals surface area contributed by atoms with Crippen LogP contribution in [0.5, 0.6) is 0 Å². The van der Waals surface area contributed by atoms with Crippen molar-refractivity contribution in [2.45, 2.75) is 47.0 Å². The zero-order valence-corrected chi connectivity index (χ0v) is 18.7. The molecule has 162 valence electrons. The van der Waals surface area contributed by atoms with Crippen LogP contribution in [0, 0.1) is 27.7 Å². The number of carbonyl (C=O) groups is 2. The molecular formula is C25H35N3O2. The lowest BCUT2D eigenvalue weighted by Gasteiger charge is -2.09. The van der Waals surface area contributed by atoms with Crippen molar-refractivity contribution in [3.8, 4) is 0 Å². The van der Waals surface area contributed by atoms with E-state index in [1.165, 1.54) is 0 Å². The topological polar surface area (TPSA) is 70.2 Å².